The number of benzene rings is 1. The Morgan fingerprint density at radius 1 is 1.17 bits per heavy atom. The molecule has 0 amide bonds. The summed E-state index contributed by atoms with van der Waals surface area (Å²) in [6.45, 7) is 0.639. The van der Waals surface area contributed by atoms with Gasteiger partial charge in [-0.15, -0.1) is 0 Å². The molecule has 8 heteroatoms. The van der Waals surface area contributed by atoms with Gasteiger partial charge in [-0.05, 0) is 43.9 Å². The zero-order valence-corrected chi connectivity index (χ0v) is 13.5. The molecule has 1 heterocycles. The molecule has 1 N–H and O–H groups in total. The standard InChI is InChI=1S/C15H17F2N3O2S/c1-20(2)10-11-7-8-18-14(9-11)19-23(21,22)13-5-3-12(4-6-13)15(16)17/h3-9,15H,10H2,1-2H3,(H,18,19). The average Bonchev–Trinajstić information content (AvgIpc) is 2.46. The topological polar surface area (TPSA) is 62.3 Å². The van der Waals surface area contributed by atoms with E-state index in [-0.39, 0.29) is 16.3 Å². The number of nitrogens with one attached hydrogen (secondary N) is 1. The fraction of sp³-hybridized carbons (Fsp3) is 0.267. The summed E-state index contributed by atoms with van der Waals surface area (Å²) in [6.07, 6.45) is -1.12. The Balaban J connectivity index is 2.20. The van der Waals surface area contributed by atoms with Gasteiger partial charge in [0.05, 0.1) is 4.90 Å². The van der Waals surface area contributed by atoms with E-state index in [0.29, 0.717) is 6.54 Å². The van der Waals surface area contributed by atoms with Crippen molar-refractivity contribution in [2.75, 3.05) is 18.8 Å². The molecule has 2 aromatic rings. The lowest BCUT2D eigenvalue weighted by atomic mass is 10.2. The van der Waals surface area contributed by atoms with Crippen LogP contribution in [0.25, 0.3) is 0 Å². The maximum Gasteiger partial charge on any atom is 0.263 e. The van der Waals surface area contributed by atoms with Gasteiger partial charge in [0.2, 0.25) is 0 Å². The molecule has 23 heavy (non-hydrogen) atoms. The molecule has 0 bridgehead atoms. The predicted octanol–water partition coefficient (Wildman–Crippen LogP) is 2.88. The monoisotopic (exact) mass is 341 g/mol. The van der Waals surface area contributed by atoms with Crippen molar-refractivity contribution >= 4 is 15.8 Å². The van der Waals surface area contributed by atoms with E-state index in [9.17, 15) is 17.2 Å². The van der Waals surface area contributed by atoms with Crippen molar-refractivity contribution in [1.29, 1.82) is 0 Å². The van der Waals surface area contributed by atoms with Crippen LogP contribution in [-0.2, 0) is 16.6 Å². The van der Waals surface area contributed by atoms with E-state index < -0.39 is 16.4 Å². The number of aromatic nitrogens is 1. The zero-order chi connectivity index (χ0) is 17.0. The summed E-state index contributed by atoms with van der Waals surface area (Å²) in [5, 5.41) is 0. The van der Waals surface area contributed by atoms with Crippen molar-refractivity contribution in [2.45, 2.75) is 17.9 Å². The lowest BCUT2D eigenvalue weighted by molar-refractivity contribution is 0.151. The molecule has 2 rings (SSSR count). The summed E-state index contributed by atoms with van der Waals surface area (Å²) in [7, 11) is -0.0767. The van der Waals surface area contributed by atoms with Crippen molar-refractivity contribution in [1.82, 2.24) is 9.88 Å². The van der Waals surface area contributed by atoms with E-state index in [2.05, 4.69) is 9.71 Å². The van der Waals surface area contributed by atoms with Crippen LogP contribution < -0.4 is 4.72 Å². The van der Waals surface area contributed by atoms with Crippen LogP contribution in [0.5, 0.6) is 0 Å². The molecule has 0 fully saturated rings. The maximum atomic E-state index is 12.5. The van der Waals surface area contributed by atoms with E-state index in [4.69, 9.17) is 0 Å². The number of nitrogens with zero attached hydrogens (tertiary/aromatic N) is 2. The number of hydrogen-bond acceptors (Lipinski definition) is 4. The molecule has 0 saturated carbocycles. The van der Waals surface area contributed by atoms with Crippen LogP contribution in [0.4, 0.5) is 14.6 Å². The first-order valence-electron chi connectivity index (χ1n) is 6.78. The van der Waals surface area contributed by atoms with Gasteiger partial charge in [-0.2, -0.15) is 0 Å². The van der Waals surface area contributed by atoms with E-state index in [0.717, 1.165) is 29.8 Å². The Morgan fingerprint density at radius 3 is 2.39 bits per heavy atom. The van der Waals surface area contributed by atoms with Gasteiger partial charge in [0.1, 0.15) is 5.82 Å². The predicted molar refractivity (Wildman–Crippen MR) is 83.8 cm³/mol. The first kappa shape index (κ1) is 17.3. The van der Waals surface area contributed by atoms with Gasteiger partial charge < -0.3 is 4.90 Å². The third-order valence-electron chi connectivity index (χ3n) is 3.00. The molecule has 0 aliphatic heterocycles. The molecular formula is C15H17F2N3O2S. The van der Waals surface area contributed by atoms with Crippen LogP contribution >= 0.6 is 0 Å². The quantitative estimate of drug-likeness (QED) is 0.878. The third kappa shape index (κ3) is 4.70. The number of halogens is 2. The Morgan fingerprint density at radius 2 is 1.83 bits per heavy atom. The molecule has 0 saturated heterocycles. The highest BCUT2D eigenvalue weighted by Gasteiger charge is 2.16. The van der Waals surface area contributed by atoms with Crippen LogP contribution in [0.3, 0.4) is 0 Å². The molecule has 0 aliphatic carbocycles. The number of pyridine rings is 1. The van der Waals surface area contributed by atoms with Crippen LogP contribution in [0, 0.1) is 0 Å². The van der Waals surface area contributed by atoms with Crippen molar-refractivity contribution in [2.24, 2.45) is 0 Å². The Labute approximate surface area is 134 Å². The number of hydrogen-bond donors (Lipinski definition) is 1. The summed E-state index contributed by atoms with van der Waals surface area (Å²) in [4.78, 5) is 5.82. The maximum absolute atomic E-state index is 12.5. The molecule has 1 aromatic heterocycles. The summed E-state index contributed by atoms with van der Waals surface area (Å²) >= 11 is 0. The first-order chi connectivity index (χ1) is 10.8. The molecule has 124 valence electrons. The number of anilines is 1. The van der Waals surface area contributed by atoms with E-state index >= 15 is 0 Å². The van der Waals surface area contributed by atoms with E-state index in [1.54, 1.807) is 12.1 Å². The zero-order valence-electron chi connectivity index (χ0n) is 12.7. The second kappa shape index (κ2) is 7.01. The number of rotatable bonds is 6. The highest BCUT2D eigenvalue weighted by molar-refractivity contribution is 7.92. The highest BCUT2D eigenvalue weighted by atomic mass is 32.2. The average molecular weight is 341 g/mol. The fourth-order valence-corrected chi connectivity index (χ4v) is 2.98. The van der Waals surface area contributed by atoms with Gasteiger partial charge in [-0.3, -0.25) is 4.72 Å². The van der Waals surface area contributed by atoms with Crippen LogP contribution in [0.2, 0.25) is 0 Å². The van der Waals surface area contributed by atoms with E-state index in [1.807, 2.05) is 19.0 Å². The molecule has 0 atom stereocenters. The smallest absolute Gasteiger partial charge is 0.263 e. The normalized spacial score (nSPS) is 11.9. The molecular weight excluding hydrogens is 324 g/mol. The van der Waals surface area contributed by atoms with Gasteiger partial charge >= 0.3 is 0 Å². The lowest BCUT2D eigenvalue weighted by Crippen LogP contribution is -2.15. The largest absolute Gasteiger partial charge is 0.305 e. The van der Waals surface area contributed by atoms with Crippen molar-refractivity contribution in [3.63, 3.8) is 0 Å². The molecule has 1 aromatic carbocycles. The minimum Gasteiger partial charge on any atom is -0.305 e. The van der Waals surface area contributed by atoms with E-state index in [1.165, 1.54) is 6.20 Å². The first-order valence-corrected chi connectivity index (χ1v) is 8.27. The van der Waals surface area contributed by atoms with Crippen molar-refractivity contribution in [3.8, 4) is 0 Å². The number of sulfonamides is 1. The Hall–Kier alpha value is -2.06. The van der Waals surface area contributed by atoms with Gasteiger partial charge in [0.25, 0.3) is 16.4 Å². The Bertz CT molecular complexity index is 763. The summed E-state index contributed by atoms with van der Waals surface area (Å²) < 4.78 is 51.9. The van der Waals surface area contributed by atoms with Crippen molar-refractivity contribution in [3.05, 3.63) is 53.7 Å². The van der Waals surface area contributed by atoms with Gasteiger partial charge in [0, 0.05) is 18.3 Å². The summed E-state index contributed by atoms with van der Waals surface area (Å²) in [6, 6.07) is 7.89. The van der Waals surface area contributed by atoms with Crippen LogP contribution in [0.1, 0.15) is 17.6 Å². The lowest BCUT2D eigenvalue weighted by Gasteiger charge is -2.12. The van der Waals surface area contributed by atoms with Crippen LogP contribution in [-0.4, -0.2) is 32.4 Å². The fourth-order valence-electron chi connectivity index (χ4n) is 1.98. The minimum atomic E-state index is -3.87. The van der Waals surface area contributed by atoms with Crippen molar-refractivity contribution < 1.29 is 17.2 Å². The minimum absolute atomic E-state index is 0.0956. The molecule has 0 radical (unpaired) electrons. The Kier molecular flexibility index (Phi) is 5.27. The SMILES string of the molecule is CN(C)Cc1ccnc(NS(=O)(=O)c2ccc(C(F)F)cc2)c1. The second-order valence-corrected chi connectivity index (χ2v) is 6.94. The second-order valence-electron chi connectivity index (χ2n) is 5.26. The van der Waals surface area contributed by atoms with Crippen LogP contribution in [0.15, 0.2) is 47.5 Å². The molecule has 0 unspecified atom stereocenters. The number of alkyl halides is 2. The third-order valence-corrected chi connectivity index (χ3v) is 4.38. The van der Waals surface area contributed by atoms with Gasteiger partial charge in [-0.25, -0.2) is 22.2 Å². The molecule has 5 nitrogen and oxygen atoms in total. The van der Waals surface area contributed by atoms with Gasteiger partial charge in [0.15, 0.2) is 0 Å². The molecule has 0 spiro atoms. The van der Waals surface area contributed by atoms with Gasteiger partial charge in [-0.1, -0.05) is 12.1 Å². The summed E-state index contributed by atoms with van der Waals surface area (Å²) in [5.74, 6) is 0.183. The highest BCUT2D eigenvalue weighted by Crippen LogP contribution is 2.21. The summed E-state index contributed by atoms with van der Waals surface area (Å²) in [5.41, 5.74) is 0.672. The molecule has 0 aliphatic rings.